The van der Waals surface area contributed by atoms with Crippen LogP contribution in [0.4, 0.5) is 38.0 Å². The summed E-state index contributed by atoms with van der Waals surface area (Å²) in [5.74, 6) is -10.4. The van der Waals surface area contributed by atoms with Crippen LogP contribution in [-0.4, -0.2) is 70.0 Å². The number of halogens is 9. The number of aromatic hydroxyl groups is 1. The number of phenols is 1. The maximum Gasteiger partial charge on any atom is 0.433 e. The van der Waals surface area contributed by atoms with Gasteiger partial charge in [-0.1, -0.05) is 70.7 Å². The van der Waals surface area contributed by atoms with Crippen molar-refractivity contribution in [3.8, 4) is 17.2 Å². The van der Waals surface area contributed by atoms with Crippen molar-refractivity contribution < 1.29 is 60.1 Å². The van der Waals surface area contributed by atoms with Crippen LogP contribution in [-0.2, 0) is 36.9 Å². The Morgan fingerprint density at radius 2 is 1.54 bits per heavy atom. The summed E-state index contributed by atoms with van der Waals surface area (Å²) < 4.78 is 92.7. The summed E-state index contributed by atoms with van der Waals surface area (Å²) in [6.45, 7) is 0. The fourth-order valence-electron chi connectivity index (χ4n) is 9.44. The molecule has 2 aromatic heterocycles. The number of ether oxygens (including phenoxy) is 2. The van der Waals surface area contributed by atoms with Crippen LogP contribution in [0.3, 0.4) is 0 Å². The molecule has 2 saturated heterocycles. The lowest BCUT2D eigenvalue weighted by Crippen LogP contribution is -2.54. The Balaban J connectivity index is 1.28. The van der Waals surface area contributed by atoms with Crippen LogP contribution in [0.5, 0.6) is 17.2 Å². The van der Waals surface area contributed by atoms with Crippen molar-refractivity contribution >= 4 is 76.1 Å². The lowest BCUT2D eigenvalue weighted by atomic mass is 9.50. The third-order valence-corrected chi connectivity index (χ3v) is 13.1. The van der Waals surface area contributed by atoms with E-state index in [0.717, 1.165) is 18.1 Å². The predicted octanol–water partition coefficient (Wildman–Crippen LogP) is 8.78. The normalized spacial score (nSPS) is 24.2. The molecule has 65 heavy (non-hydrogen) atoms. The summed E-state index contributed by atoms with van der Waals surface area (Å²) in [4.78, 5) is 66.7. The largest absolute Gasteiger partial charge is 0.502 e. The highest BCUT2D eigenvalue weighted by Gasteiger charge is 2.70. The standard InChI is InChI=1S/C43H33Cl3F6N6O7/c1-56(36-28(45)12-13-32(54-36)43(50,51)52)58-37(60)24-10-9-23-25(33(24)39(58)62)17-27-38(61)57(55-35-29(46)16-21(18-53-35)42(47,48)49)40(63)41(27,20-5-7-22(44)8-6-20)26(23)11-4-19-14-30(64-2)34(59)31(15-19)65-3/h4-9,11-16,18,24-27,33,59H,10,17H2,1-3H3,(H,53,55). The van der Waals surface area contributed by atoms with E-state index < -0.39 is 98.9 Å². The van der Waals surface area contributed by atoms with Gasteiger partial charge >= 0.3 is 12.4 Å². The number of anilines is 2. The molecule has 22 heteroatoms. The molecule has 340 valence electrons. The molecule has 4 aliphatic rings. The van der Waals surface area contributed by atoms with Crippen LogP contribution in [0.1, 0.15) is 35.2 Å². The first kappa shape index (κ1) is 45.5. The van der Waals surface area contributed by atoms with Gasteiger partial charge < -0.3 is 14.6 Å². The second kappa shape index (κ2) is 16.4. The summed E-state index contributed by atoms with van der Waals surface area (Å²) in [6, 6.07) is 11.2. The number of hydrazine groups is 2. The average molecular weight is 966 g/mol. The number of fused-ring (bicyclic) bond motifs is 4. The number of methoxy groups -OCH3 is 2. The van der Waals surface area contributed by atoms with E-state index in [4.69, 9.17) is 44.3 Å². The number of carbonyl (C=O) groups excluding carboxylic acids is 4. The van der Waals surface area contributed by atoms with Gasteiger partial charge in [-0.3, -0.25) is 29.6 Å². The van der Waals surface area contributed by atoms with Gasteiger partial charge in [0.05, 0.1) is 53.0 Å². The molecule has 4 amide bonds. The summed E-state index contributed by atoms with van der Waals surface area (Å²) in [5.41, 5.74) is -0.766. The molecule has 13 nitrogen and oxygen atoms in total. The average Bonchev–Trinajstić information content (AvgIpc) is 3.64. The van der Waals surface area contributed by atoms with E-state index in [1.54, 1.807) is 30.4 Å². The smallest absolute Gasteiger partial charge is 0.433 e. The lowest BCUT2D eigenvalue weighted by Gasteiger charge is -2.49. The highest BCUT2D eigenvalue weighted by atomic mass is 35.5. The number of pyridine rings is 2. The first-order valence-electron chi connectivity index (χ1n) is 19.5. The molecule has 0 radical (unpaired) electrons. The minimum atomic E-state index is -4.90. The molecule has 1 saturated carbocycles. The number of imide groups is 2. The van der Waals surface area contributed by atoms with Crippen LogP contribution in [0.15, 0.2) is 78.5 Å². The zero-order chi connectivity index (χ0) is 47.1. The Bertz CT molecular complexity index is 2690. The zero-order valence-electron chi connectivity index (χ0n) is 33.8. The van der Waals surface area contributed by atoms with Gasteiger partial charge in [-0.2, -0.15) is 36.4 Å². The van der Waals surface area contributed by atoms with Crippen LogP contribution in [0.2, 0.25) is 15.1 Å². The predicted molar refractivity (Wildman–Crippen MR) is 222 cm³/mol. The number of allylic oxidation sites excluding steroid dienone is 3. The van der Waals surface area contributed by atoms with Gasteiger partial charge in [-0.15, -0.1) is 0 Å². The molecular formula is C43H33Cl3F6N6O7. The van der Waals surface area contributed by atoms with Gasteiger partial charge in [0.2, 0.25) is 5.75 Å². The first-order chi connectivity index (χ1) is 30.6. The maximum absolute atomic E-state index is 15.4. The number of phenolic OH excluding ortho intramolecular Hbond substituents is 1. The van der Waals surface area contributed by atoms with Crippen molar-refractivity contribution in [3.05, 3.63) is 116 Å². The van der Waals surface area contributed by atoms with E-state index in [9.17, 15) is 45.8 Å². The Morgan fingerprint density at radius 3 is 2.14 bits per heavy atom. The van der Waals surface area contributed by atoms with Crippen molar-refractivity contribution in [2.24, 2.45) is 29.6 Å². The molecule has 2 N–H and O–H groups in total. The van der Waals surface area contributed by atoms with Gasteiger partial charge in [-0.05, 0) is 72.4 Å². The van der Waals surface area contributed by atoms with Crippen molar-refractivity contribution in [1.82, 2.24) is 20.0 Å². The molecule has 2 aliphatic carbocycles. The van der Waals surface area contributed by atoms with E-state index in [0.29, 0.717) is 39.5 Å². The summed E-state index contributed by atoms with van der Waals surface area (Å²) in [5, 5.41) is 12.2. The van der Waals surface area contributed by atoms with E-state index in [2.05, 4.69) is 15.4 Å². The number of carbonyl (C=O) groups is 4. The molecule has 2 aliphatic heterocycles. The van der Waals surface area contributed by atoms with Crippen LogP contribution < -0.4 is 19.9 Å². The van der Waals surface area contributed by atoms with Gasteiger partial charge in [-0.25, -0.2) is 9.97 Å². The molecule has 2 aromatic carbocycles. The number of alkyl halides is 6. The molecule has 4 heterocycles. The zero-order valence-corrected chi connectivity index (χ0v) is 36.1. The molecule has 3 fully saturated rings. The molecule has 0 bridgehead atoms. The quantitative estimate of drug-likeness (QED) is 0.0940. The van der Waals surface area contributed by atoms with Crippen LogP contribution in [0, 0.1) is 29.6 Å². The Labute approximate surface area is 380 Å². The van der Waals surface area contributed by atoms with Crippen LogP contribution >= 0.6 is 34.8 Å². The molecule has 8 rings (SSSR count). The van der Waals surface area contributed by atoms with Gasteiger partial charge in [0.1, 0.15) is 5.69 Å². The van der Waals surface area contributed by atoms with Crippen molar-refractivity contribution in [1.29, 1.82) is 0 Å². The Hall–Kier alpha value is -6.05. The van der Waals surface area contributed by atoms with Crippen LogP contribution in [0.25, 0.3) is 6.08 Å². The lowest BCUT2D eigenvalue weighted by molar-refractivity contribution is -0.142. The van der Waals surface area contributed by atoms with Crippen molar-refractivity contribution in [3.63, 3.8) is 0 Å². The third-order valence-electron chi connectivity index (χ3n) is 12.3. The van der Waals surface area contributed by atoms with Gasteiger partial charge in [0.25, 0.3) is 23.6 Å². The molecule has 6 unspecified atom stereocenters. The molecular weight excluding hydrogens is 933 g/mol. The number of nitrogens with one attached hydrogen (secondary N) is 1. The Kier molecular flexibility index (Phi) is 11.5. The monoisotopic (exact) mass is 964 g/mol. The second-order valence-corrected chi connectivity index (χ2v) is 16.9. The molecule has 0 spiro atoms. The van der Waals surface area contributed by atoms with E-state index in [1.165, 1.54) is 38.5 Å². The summed E-state index contributed by atoms with van der Waals surface area (Å²) in [7, 11) is 3.80. The number of hydrogen-bond donors (Lipinski definition) is 2. The summed E-state index contributed by atoms with van der Waals surface area (Å²) in [6.07, 6.45) is -4.71. The van der Waals surface area contributed by atoms with Gasteiger partial charge in [0, 0.05) is 24.2 Å². The Morgan fingerprint density at radius 1 is 0.877 bits per heavy atom. The minimum absolute atomic E-state index is 0.0218. The number of rotatable bonds is 9. The second-order valence-electron chi connectivity index (χ2n) is 15.6. The third kappa shape index (κ3) is 7.46. The number of amides is 4. The fourth-order valence-corrected chi connectivity index (χ4v) is 10.00. The van der Waals surface area contributed by atoms with E-state index in [1.807, 2.05) is 0 Å². The van der Waals surface area contributed by atoms with Crippen molar-refractivity contribution in [2.45, 2.75) is 30.6 Å². The first-order valence-corrected chi connectivity index (χ1v) is 20.6. The van der Waals surface area contributed by atoms with E-state index in [-0.39, 0.29) is 45.7 Å². The topological polar surface area (TPSA) is 154 Å². The number of aromatic nitrogens is 2. The highest BCUT2D eigenvalue weighted by molar-refractivity contribution is 6.33. The van der Waals surface area contributed by atoms with E-state index >= 15 is 4.79 Å². The maximum atomic E-state index is 15.4. The van der Waals surface area contributed by atoms with Crippen molar-refractivity contribution in [2.75, 3.05) is 31.7 Å². The molecule has 6 atom stereocenters. The number of benzene rings is 2. The minimum Gasteiger partial charge on any atom is -0.502 e. The highest BCUT2D eigenvalue weighted by Crippen LogP contribution is 2.62. The van der Waals surface area contributed by atoms with Gasteiger partial charge in [0.15, 0.2) is 23.1 Å². The number of hydrogen-bond acceptors (Lipinski definition) is 11. The summed E-state index contributed by atoms with van der Waals surface area (Å²) >= 11 is 18.9. The molecule has 4 aromatic rings. The SMILES string of the molecule is COc1cc(C=CC2C3=CCC4C(=O)N(N(C)c5nc(C(F)(F)F)ccc5Cl)C(=O)C4C3CC3C(=O)N(Nc4ncc(C(F)(F)F)cc4Cl)C(=O)C23c2ccc(Cl)cc2)cc(OC)c1O. The fraction of sp³-hybridized carbons (Fsp3) is 0.302. The number of nitrogens with zero attached hydrogens (tertiary/aromatic N) is 5.